The molecule has 0 saturated carbocycles. The average molecular weight is 896 g/mol. The predicted octanol–water partition coefficient (Wildman–Crippen LogP) is 9.99. The van der Waals surface area contributed by atoms with Gasteiger partial charge in [-0.05, 0) is 19.3 Å². The van der Waals surface area contributed by atoms with E-state index in [1.165, 1.54) is 0 Å². The molecule has 0 aliphatic carbocycles. The van der Waals surface area contributed by atoms with Crippen LogP contribution in [0.2, 0.25) is 0 Å². The zero-order valence-corrected chi connectivity index (χ0v) is 24.5. The van der Waals surface area contributed by atoms with E-state index < -0.39 is 128 Å². The van der Waals surface area contributed by atoms with Crippen molar-refractivity contribution in [2.24, 2.45) is 0 Å². The van der Waals surface area contributed by atoms with Crippen LogP contribution >= 0.6 is 0 Å². The van der Waals surface area contributed by atoms with Crippen molar-refractivity contribution < 1.29 is 151 Å². The maximum Gasteiger partial charge on any atom is 0.460 e. The van der Waals surface area contributed by atoms with Crippen molar-refractivity contribution >= 4 is 11.9 Å². The molecule has 328 valence electrons. The molecule has 0 aromatic heterocycles. The van der Waals surface area contributed by atoms with Crippen LogP contribution < -0.4 is 0 Å². The lowest BCUT2D eigenvalue weighted by atomic mass is 9.91. The van der Waals surface area contributed by atoms with E-state index in [2.05, 4.69) is 9.47 Å². The van der Waals surface area contributed by atoms with Crippen LogP contribution in [0.1, 0.15) is 19.3 Å². The van der Waals surface area contributed by atoms with Gasteiger partial charge in [-0.15, -0.1) is 0 Å². The number of esters is 2. The molecule has 0 aromatic rings. The van der Waals surface area contributed by atoms with Gasteiger partial charge in [-0.25, -0.2) is 9.59 Å². The molecular formula is C21H10F30O4. The summed E-state index contributed by atoms with van der Waals surface area (Å²) in [5.41, 5.74) is 0. The Kier molecular flexibility index (Phi) is 13.5. The number of carbonyl (C=O) groups excluding carboxylic acids is 2. The highest BCUT2D eigenvalue weighted by Gasteiger charge is 2.96. The monoisotopic (exact) mass is 896 g/mol. The second-order valence-electron chi connectivity index (χ2n) is 10.2. The Labute approximate surface area is 280 Å². The fourth-order valence-electron chi connectivity index (χ4n) is 3.08. The molecule has 0 N–H and O–H groups in total. The Hall–Kier alpha value is -3.16. The number of rotatable bonds is 18. The van der Waals surface area contributed by atoms with E-state index >= 15 is 0 Å². The van der Waals surface area contributed by atoms with Crippen molar-refractivity contribution in [1.29, 1.82) is 0 Å². The first-order valence-corrected chi connectivity index (χ1v) is 12.6. The maximum atomic E-state index is 13.7. The van der Waals surface area contributed by atoms with Gasteiger partial charge in [0.15, 0.2) is 0 Å². The molecule has 55 heavy (non-hydrogen) atoms. The summed E-state index contributed by atoms with van der Waals surface area (Å²) in [6, 6.07) is 0. The number of ether oxygens (including phenoxy) is 2. The highest BCUT2D eigenvalue weighted by molar-refractivity contribution is 5.79. The van der Waals surface area contributed by atoms with Crippen LogP contribution in [-0.2, 0) is 19.1 Å². The molecule has 0 radical (unpaired) electrons. The molecule has 0 aliphatic heterocycles. The summed E-state index contributed by atoms with van der Waals surface area (Å²) >= 11 is 0. The average Bonchev–Trinajstić information content (AvgIpc) is 2.97. The highest BCUT2D eigenvalue weighted by Crippen LogP contribution is 2.64. The summed E-state index contributed by atoms with van der Waals surface area (Å²) in [7, 11) is 0. The lowest BCUT2D eigenvalue weighted by Crippen LogP contribution is -2.73. The van der Waals surface area contributed by atoms with Crippen molar-refractivity contribution in [3.05, 3.63) is 0 Å². The minimum atomic E-state index is -8.78. The van der Waals surface area contributed by atoms with E-state index in [1.54, 1.807) is 0 Å². The third kappa shape index (κ3) is 7.54. The molecule has 0 amide bonds. The number of carbonyl (C=O) groups is 2. The lowest BCUT2D eigenvalue weighted by molar-refractivity contribution is -0.450. The van der Waals surface area contributed by atoms with Crippen LogP contribution in [0, 0.1) is 0 Å². The number of hydrogen-bond donors (Lipinski definition) is 0. The summed E-state index contributed by atoms with van der Waals surface area (Å²) in [5, 5.41) is 0. The van der Waals surface area contributed by atoms with Crippen LogP contribution in [0.3, 0.4) is 0 Å². The Balaban J connectivity index is 5.71. The smallest absolute Gasteiger partial charge is 0.460 e. The molecule has 0 aliphatic rings. The van der Waals surface area contributed by atoms with Gasteiger partial charge in [0.2, 0.25) is 0 Å². The van der Waals surface area contributed by atoms with Crippen LogP contribution in [-0.4, -0.2) is 109 Å². The molecule has 0 spiro atoms. The molecule has 0 aromatic carbocycles. The van der Waals surface area contributed by atoms with Gasteiger partial charge in [-0.3, -0.25) is 0 Å². The quantitative estimate of drug-likeness (QED) is 0.0782. The lowest BCUT2D eigenvalue weighted by Gasteiger charge is -2.40. The summed E-state index contributed by atoms with van der Waals surface area (Å²) in [5.74, 6) is -109. The van der Waals surface area contributed by atoms with Gasteiger partial charge in [-0.2, -0.15) is 132 Å². The SMILES string of the molecule is O=C(OCCCCCOC(=O)C(F)(F)C(F)(F)C(F)(F)C(F)(F)C(F)(F)C(F)(F)C(F)(F)F)C(F)(F)C(F)(F)C(F)(F)C(F)(F)C(F)(F)C(F)(F)C(F)(F)F. The van der Waals surface area contributed by atoms with Crippen molar-refractivity contribution in [3.8, 4) is 0 Å². The first-order chi connectivity index (χ1) is 23.5. The molecule has 0 atom stereocenters. The Morgan fingerprint density at radius 1 is 0.273 bits per heavy atom. The zero-order valence-electron chi connectivity index (χ0n) is 24.5. The summed E-state index contributed by atoms with van der Waals surface area (Å²) in [6.45, 7) is -3.93. The molecule has 0 heterocycles. The largest absolute Gasteiger partial charge is 0.461 e. The van der Waals surface area contributed by atoms with Gasteiger partial charge < -0.3 is 9.47 Å². The van der Waals surface area contributed by atoms with Gasteiger partial charge in [0.05, 0.1) is 13.2 Å². The van der Waals surface area contributed by atoms with Crippen LogP contribution in [0.25, 0.3) is 0 Å². The Bertz CT molecular complexity index is 1270. The van der Waals surface area contributed by atoms with Crippen LogP contribution in [0.4, 0.5) is 132 Å². The van der Waals surface area contributed by atoms with Crippen LogP contribution in [0.15, 0.2) is 0 Å². The normalized spacial score (nSPS) is 16.0. The van der Waals surface area contributed by atoms with Gasteiger partial charge in [0.25, 0.3) is 0 Å². The summed E-state index contributed by atoms with van der Waals surface area (Å²) < 4.78 is 400. The fraction of sp³-hybridized carbons (Fsp3) is 0.905. The van der Waals surface area contributed by atoms with Crippen LogP contribution in [0.5, 0.6) is 0 Å². The van der Waals surface area contributed by atoms with Gasteiger partial charge >= 0.3 is 95.4 Å². The molecule has 0 fully saturated rings. The van der Waals surface area contributed by atoms with E-state index in [9.17, 15) is 141 Å². The van der Waals surface area contributed by atoms with E-state index in [4.69, 9.17) is 0 Å². The predicted molar refractivity (Wildman–Crippen MR) is 107 cm³/mol. The van der Waals surface area contributed by atoms with E-state index in [0.717, 1.165) is 0 Å². The maximum absolute atomic E-state index is 13.7. The number of hydrogen-bond acceptors (Lipinski definition) is 4. The summed E-state index contributed by atoms with van der Waals surface area (Å²) in [4.78, 5) is 22.3. The molecule has 0 bridgehead atoms. The second kappa shape index (κ2) is 14.3. The van der Waals surface area contributed by atoms with Crippen molar-refractivity contribution in [1.82, 2.24) is 0 Å². The topological polar surface area (TPSA) is 52.6 Å². The molecule has 4 nitrogen and oxygen atoms in total. The zero-order chi connectivity index (χ0) is 45.1. The van der Waals surface area contributed by atoms with Gasteiger partial charge in [-0.1, -0.05) is 0 Å². The van der Waals surface area contributed by atoms with Crippen molar-refractivity contribution in [2.75, 3.05) is 13.2 Å². The van der Waals surface area contributed by atoms with Crippen molar-refractivity contribution in [2.45, 2.75) is 103 Å². The molecular weight excluding hydrogens is 886 g/mol. The molecule has 34 heteroatoms. The molecule has 0 unspecified atom stereocenters. The highest BCUT2D eigenvalue weighted by atomic mass is 19.4. The molecule has 0 rings (SSSR count). The first-order valence-electron chi connectivity index (χ1n) is 12.6. The minimum Gasteiger partial charge on any atom is -0.461 e. The third-order valence-corrected chi connectivity index (χ3v) is 6.42. The van der Waals surface area contributed by atoms with E-state index in [0.29, 0.717) is 0 Å². The van der Waals surface area contributed by atoms with E-state index in [1.807, 2.05) is 0 Å². The number of unbranched alkanes of at least 4 members (excludes halogenated alkanes) is 2. The Morgan fingerprint density at radius 2 is 0.455 bits per heavy atom. The first kappa shape index (κ1) is 51.8. The standard InChI is InChI=1S/C21H10F30O4/c22-8(23,10(26,27)12(30,31)14(34,35)16(38,39)18(42,43)20(46,47)48)6(52)54-4-2-1-3-5-55-7(53)9(24,25)11(28,29)13(32,33)15(36,37)17(40,41)19(44,45)21(49,50)51/h1-5H2. The number of halogens is 30. The molecule has 0 saturated heterocycles. The van der Waals surface area contributed by atoms with Gasteiger partial charge in [0, 0.05) is 0 Å². The minimum absolute atomic E-state index is 1.16. The van der Waals surface area contributed by atoms with Crippen molar-refractivity contribution in [3.63, 3.8) is 0 Å². The van der Waals surface area contributed by atoms with Gasteiger partial charge in [0.1, 0.15) is 0 Å². The fourth-order valence-corrected chi connectivity index (χ4v) is 3.08. The summed E-state index contributed by atoms with van der Waals surface area (Å²) in [6.07, 6.45) is -19.7. The second-order valence-corrected chi connectivity index (χ2v) is 10.2. The van der Waals surface area contributed by atoms with E-state index in [-0.39, 0.29) is 0 Å². The Morgan fingerprint density at radius 3 is 0.655 bits per heavy atom. The third-order valence-electron chi connectivity index (χ3n) is 6.42. The number of alkyl halides is 30.